The summed E-state index contributed by atoms with van der Waals surface area (Å²) in [5.41, 5.74) is 5.20. The first kappa shape index (κ1) is 20.9. The number of aromatic nitrogens is 1. The third-order valence-corrected chi connectivity index (χ3v) is 3.97. The number of fused-ring (bicyclic) bond motifs is 1. The summed E-state index contributed by atoms with van der Waals surface area (Å²) in [6.45, 7) is 4.19. The first-order chi connectivity index (χ1) is 11.2. The maximum Gasteiger partial charge on any atom is 0.116 e. The molecule has 5 heteroatoms. The Morgan fingerprint density at radius 3 is 2.44 bits per heavy atom. The number of aryl methyl sites for hydroxylation is 2. The van der Waals surface area contributed by atoms with E-state index in [1.807, 2.05) is 19.1 Å². The zero-order chi connectivity index (χ0) is 16.2. The van der Waals surface area contributed by atoms with Gasteiger partial charge in [-0.05, 0) is 61.7 Å². The monoisotopic (exact) mass is 404 g/mol. The van der Waals surface area contributed by atoms with Crippen LogP contribution in [0.15, 0.2) is 48.5 Å². The van der Waals surface area contributed by atoms with Crippen LogP contribution < -0.4 is 5.32 Å². The van der Waals surface area contributed by atoms with Crippen molar-refractivity contribution in [2.75, 3.05) is 5.32 Å². The van der Waals surface area contributed by atoms with Gasteiger partial charge in [0.25, 0.3) is 0 Å². The van der Waals surface area contributed by atoms with Crippen molar-refractivity contribution in [2.24, 2.45) is 0 Å². The van der Waals surface area contributed by atoms with E-state index in [2.05, 4.69) is 41.5 Å². The summed E-state index contributed by atoms with van der Waals surface area (Å²) in [6, 6.07) is 15.8. The maximum absolute atomic E-state index is 9.75. The van der Waals surface area contributed by atoms with Crippen molar-refractivity contribution in [1.82, 2.24) is 4.98 Å². The summed E-state index contributed by atoms with van der Waals surface area (Å²) in [4.78, 5) is 4.52. The number of nitrogens with zero attached hydrogens (tertiary/aromatic N) is 1. The summed E-state index contributed by atoms with van der Waals surface area (Å²) in [7, 11) is 0. The Morgan fingerprint density at radius 1 is 1.04 bits per heavy atom. The largest absolute Gasteiger partial charge is 0.508 e. The van der Waals surface area contributed by atoms with Crippen molar-refractivity contribution in [3.63, 3.8) is 0 Å². The van der Waals surface area contributed by atoms with Gasteiger partial charge in [0.15, 0.2) is 0 Å². The average molecular weight is 405 g/mol. The number of halogens is 1. The third-order valence-electron chi connectivity index (χ3n) is 3.97. The van der Waals surface area contributed by atoms with E-state index in [0.717, 1.165) is 34.4 Å². The van der Waals surface area contributed by atoms with Crippen molar-refractivity contribution in [1.29, 1.82) is 0 Å². The van der Waals surface area contributed by atoms with Crippen molar-refractivity contribution in [3.8, 4) is 5.75 Å². The van der Waals surface area contributed by atoms with Crippen LogP contribution in [0.4, 0.5) is 11.4 Å². The Balaban J connectivity index is 0.00000156. The number of rotatable bonds is 5. The van der Waals surface area contributed by atoms with Gasteiger partial charge in [-0.1, -0.05) is 25.5 Å². The third kappa shape index (κ3) is 5.18. The molecule has 25 heavy (non-hydrogen) atoms. The van der Waals surface area contributed by atoms with Crippen molar-refractivity contribution in [2.45, 2.75) is 33.1 Å². The number of hydrogen-bond donors (Lipinski definition) is 2. The molecule has 0 bridgehead atoms. The van der Waals surface area contributed by atoms with E-state index in [1.165, 1.54) is 18.4 Å². The van der Waals surface area contributed by atoms with Gasteiger partial charge in [0.2, 0.25) is 0 Å². The van der Waals surface area contributed by atoms with Crippen LogP contribution in [-0.2, 0) is 6.42 Å². The standard InChI is InChI=1S/C20H22N2O.BrH.H2O/c1-3-4-5-15-6-8-16(9-7-15)22-20-12-14(2)21-19-11-10-17(23)13-18(19)20;;/h6-13,23H,3-5H2,1-2H3,(H,21,22);1H;1H2. The molecule has 0 aliphatic carbocycles. The fraction of sp³-hybridized carbons (Fsp3) is 0.250. The fourth-order valence-electron chi connectivity index (χ4n) is 2.74. The Hall–Kier alpha value is -2.11. The smallest absolute Gasteiger partial charge is 0.116 e. The second-order valence-electron chi connectivity index (χ2n) is 5.94. The number of anilines is 2. The minimum atomic E-state index is 0. The predicted molar refractivity (Wildman–Crippen MR) is 110 cm³/mol. The molecule has 2 aromatic carbocycles. The molecule has 1 heterocycles. The minimum absolute atomic E-state index is 0. The Kier molecular flexibility index (Phi) is 7.87. The number of nitrogens with one attached hydrogen (secondary N) is 1. The number of unbranched alkanes of at least 4 members (excludes halogenated alkanes) is 1. The van der Waals surface area contributed by atoms with Gasteiger partial charge < -0.3 is 15.9 Å². The van der Waals surface area contributed by atoms with E-state index in [4.69, 9.17) is 0 Å². The highest BCUT2D eigenvalue weighted by atomic mass is 79.9. The van der Waals surface area contributed by atoms with Crippen LogP contribution in [0.1, 0.15) is 31.0 Å². The summed E-state index contributed by atoms with van der Waals surface area (Å²) in [6.07, 6.45) is 3.56. The fourth-order valence-corrected chi connectivity index (χ4v) is 2.74. The lowest BCUT2D eigenvalue weighted by Crippen LogP contribution is -1.95. The zero-order valence-electron chi connectivity index (χ0n) is 14.5. The molecular formula is C20H25BrN2O2. The normalized spacial score (nSPS) is 10.0. The lowest BCUT2D eigenvalue weighted by molar-refractivity contribution is 0.476. The molecule has 0 atom stereocenters. The summed E-state index contributed by atoms with van der Waals surface area (Å²) in [5, 5.41) is 14.1. The van der Waals surface area contributed by atoms with E-state index >= 15 is 0 Å². The number of phenols is 1. The minimum Gasteiger partial charge on any atom is -0.508 e. The van der Waals surface area contributed by atoms with Crippen LogP contribution in [-0.4, -0.2) is 15.6 Å². The first-order valence-corrected chi connectivity index (χ1v) is 8.12. The predicted octanol–water partition coefficient (Wildman–Crippen LogP) is 5.09. The van der Waals surface area contributed by atoms with Gasteiger partial charge in [-0.15, -0.1) is 17.0 Å². The Labute approximate surface area is 159 Å². The molecule has 0 radical (unpaired) electrons. The molecule has 0 spiro atoms. The molecule has 0 saturated carbocycles. The highest BCUT2D eigenvalue weighted by molar-refractivity contribution is 8.93. The van der Waals surface area contributed by atoms with Gasteiger partial charge in [-0.3, -0.25) is 4.98 Å². The summed E-state index contributed by atoms with van der Waals surface area (Å²) < 4.78 is 0. The van der Waals surface area contributed by atoms with Crippen LogP contribution in [0.3, 0.4) is 0 Å². The van der Waals surface area contributed by atoms with Gasteiger partial charge in [-0.25, -0.2) is 0 Å². The van der Waals surface area contributed by atoms with E-state index in [-0.39, 0.29) is 28.2 Å². The van der Waals surface area contributed by atoms with Crippen LogP contribution in [0, 0.1) is 6.92 Å². The molecule has 0 fully saturated rings. The molecule has 0 aliphatic rings. The lowest BCUT2D eigenvalue weighted by Gasteiger charge is -2.12. The van der Waals surface area contributed by atoms with E-state index in [0.29, 0.717) is 0 Å². The van der Waals surface area contributed by atoms with Gasteiger partial charge in [-0.2, -0.15) is 0 Å². The second kappa shape index (κ2) is 9.39. The molecule has 4 nitrogen and oxygen atoms in total. The summed E-state index contributed by atoms with van der Waals surface area (Å²) >= 11 is 0. The van der Waals surface area contributed by atoms with Crippen molar-refractivity contribution in [3.05, 3.63) is 59.8 Å². The highest BCUT2D eigenvalue weighted by Gasteiger charge is 2.06. The number of benzene rings is 2. The van der Waals surface area contributed by atoms with Crippen LogP contribution in [0.5, 0.6) is 5.75 Å². The molecule has 1 aromatic heterocycles. The molecule has 0 amide bonds. The molecule has 3 aromatic rings. The molecule has 0 aliphatic heterocycles. The van der Waals surface area contributed by atoms with E-state index < -0.39 is 0 Å². The lowest BCUT2D eigenvalue weighted by atomic mass is 10.1. The van der Waals surface area contributed by atoms with Gasteiger partial charge in [0.05, 0.1) is 5.52 Å². The van der Waals surface area contributed by atoms with E-state index in [1.54, 1.807) is 12.1 Å². The summed E-state index contributed by atoms with van der Waals surface area (Å²) in [5.74, 6) is 0.251. The SMILES string of the molecule is Br.CCCCc1ccc(Nc2cc(C)nc3ccc(O)cc23)cc1.O. The van der Waals surface area contributed by atoms with E-state index in [9.17, 15) is 5.11 Å². The van der Waals surface area contributed by atoms with Crippen LogP contribution in [0.25, 0.3) is 10.9 Å². The number of pyridine rings is 1. The molecule has 4 N–H and O–H groups in total. The topological polar surface area (TPSA) is 76.7 Å². The van der Waals surface area contributed by atoms with Gasteiger partial charge >= 0.3 is 0 Å². The Morgan fingerprint density at radius 2 is 1.76 bits per heavy atom. The number of aromatic hydroxyl groups is 1. The maximum atomic E-state index is 9.75. The molecule has 0 unspecified atom stereocenters. The second-order valence-corrected chi connectivity index (χ2v) is 5.94. The van der Waals surface area contributed by atoms with Gasteiger partial charge in [0.1, 0.15) is 5.75 Å². The number of phenolic OH excluding ortho intramolecular Hbond substituents is 1. The highest BCUT2D eigenvalue weighted by Crippen LogP contribution is 2.29. The molecule has 3 rings (SSSR count). The van der Waals surface area contributed by atoms with Gasteiger partial charge in [0, 0.05) is 22.5 Å². The van der Waals surface area contributed by atoms with Crippen molar-refractivity contribution < 1.29 is 10.6 Å². The first-order valence-electron chi connectivity index (χ1n) is 8.12. The van der Waals surface area contributed by atoms with Crippen LogP contribution in [0.2, 0.25) is 0 Å². The average Bonchev–Trinajstić information content (AvgIpc) is 2.55. The quantitative estimate of drug-likeness (QED) is 0.621. The molecule has 0 saturated heterocycles. The van der Waals surface area contributed by atoms with Crippen molar-refractivity contribution >= 4 is 39.3 Å². The Bertz CT molecular complexity index is 820. The van der Waals surface area contributed by atoms with Crippen LogP contribution >= 0.6 is 17.0 Å². The number of hydrogen-bond acceptors (Lipinski definition) is 3. The zero-order valence-corrected chi connectivity index (χ0v) is 16.3. The molecular weight excluding hydrogens is 380 g/mol. The molecule has 134 valence electrons.